The highest BCUT2D eigenvalue weighted by atomic mass is 16.5. The summed E-state index contributed by atoms with van der Waals surface area (Å²) >= 11 is 0. The Balaban J connectivity index is 2.68. The van der Waals surface area contributed by atoms with Crippen LogP contribution < -0.4 is 5.32 Å². The van der Waals surface area contributed by atoms with Crippen LogP contribution in [-0.2, 0) is 14.3 Å². The highest BCUT2D eigenvalue weighted by Gasteiger charge is 2.19. The maximum absolute atomic E-state index is 11.6. The number of benzene rings is 1. The first-order valence-electron chi connectivity index (χ1n) is 5.14. The van der Waals surface area contributed by atoms with Gasteiger partial charge in [0.2, 0.25) is 0 Å². The molecular weight excluding hydrogens is 206 g/mol. The normalized spacial score (nSPS) is 12.1. The topological polar surface area (TPSA) is 47.6 Å². The van der Waals surface area contributed by atoms with Crippen LogP contribution in [0.2, 0.25) is 0 Å². The molecule has 4 nitrogen and oxygen atoms in total. The second-order valence-corrected chi connectivity index (χ2v) is 3.31. The monoisotopic (exact) mass is 223 g/mol. The molecule has 1 atom stereocenters. The average Bonchev–Trinajstić information content (AvgIpc) is 2.35. The van der Waals surface area contributed by atoms with E-state index in [1.54, 1.807) is 7.11 Å². The van der Waals surface area contributed by atoms with E-state index < -0.39 is 6.04 Å². The Morgan fingerprint density at radius 2 is 2.00 bits per heavy atom. The standard InChI is InChI=1S/C12H17NO3/c1-15-9-8-13-11(12(14)16-2)10-6-4-3-5-7-10/h3-7,11,13H,8-9H2,1-2H3. The van der Waals surface area contributed by atoms with Gasteiger partial charge in [0.15, 0.2) is 0 Å². The van der Waals surface area contributed by atoms with E-state index in [0.29, 0.717) is 13.2 Å². The second kappa shape index (κ2) is 6.98. The van der Waals surface area contributed by atoms with Gasteiger partial charge in [-0.3, -0.25) is 5.32 Å². The quantitative estimate of drug-likeness (QED) is 0.580. The third kappa shape index (κ3) is 3.64. The number of nitrogens with one attached hydrogen (secondary N) is 1. The van der Waals surface area contributed by atoms with Crippen molar-refractivity contribution in [3.8, 4) is 0 Å². The lowest BCUT2D eigenvalue weighted by molar-refractivity contribution is -0.143. The maximum atomic E-state index is 11.6. The van der Waals surface area contributed by atoms with Crippen molar-refractivity contribution in [1.29, 1.82) is 0 Å². The summed E-state index contributed by atoms with van der Waals surface area (Å²) in [5.41, 5.74) is 0.894. The highest BCUT2D eigenvalue weighted by molar-refractivity contribution is 5.77. The van der Waals surface area contributed by atoms with E-state index in [2.05, 4.69) is 5.32 Å². The Morgan fingerprint density at radius 3 is 2.56 bits per heavy atom. The Bertz CT molecular complexity index is 313. The Kier molecular flexibility index (Phi) is 5.53. The van der Waals surface area contributed by atoms with E-state index in [9.17, 15) is 4.79 Å². The highest BCUT2D eigenvalue weighted by Crippen LogP contribution is 2.13. The van der Waals surface area contributed by atoms with Gasteiger partial charge in [-0.1, -0.05) is 30.3 Å². The number of carbonyl (C=O) groups excluding carboxylic acids is 1. The minimum atomic E-state index is -0.429. The van der Waals surface area contributed by atoms with Crippen LogP contribution in [-0.4, -0.2) is 33.3 Å². The summed E-state index contributed by atoms with van der Waals surface area (Å²) in [6.45, 7) is 1.16. The zero-order valence-corrected chi connectivity index (χ0v) is 9.60. The van der Waals surface area contributed by atoms with Crippen molar-refractivity contribution in [3.63, 3.8) is 0 Å². The fourth-order valence-electron chi connectivity index (χ4n) is 1.41. The van der Waals surface area contributed by atoms with Crippen LogP contribution in [0.25, 0.3) is 0 Å². The molecule has 0 amide bonds. The number of esters is 1. The van der Waals surface area contributed by atoms with Crippen molar-refractivity contribution in [2.24, 2.45) is 0 Å². The molecule has 0 aliphatic rings. The fraction of sp³-hybridized carbons (Fsp3) is 0.417. The van der Waals surface area contributed by atoms with Crippen molar-refractivity contribution < 1.29 is 14.3 Å². The van der Waals surface area contributed by atoms with Gasteiger partial charge in [0, 0.05) is 13.7 Å². The summed E-state index contributed by atoms with van der Waals surface area (Å²) in [7, 11) is 3.01. The van der Waals surface area contributed by atoms with Crippen LogP contribution in [0.4, 0.5) is 0 Å². The third-order valence-electron chi connectivity index (χ3n) is 2.22. The molecule has 1 aromatic rings. The first kappa shape index (κ1) is 12.7. The lowest BCUT2D eigenvalue weighted by Crippen LogP contribution is -2.31. The molecule has 0 bridgehead atoms. The molecule has 0 radical (unpaired) electrons. The van der Waals surface area contributed by atoms with Gasteiger partial charge in [-0.25, -0.2) is 4.79 Å². The minimum Gasteiger partial charge on any atom is -0.468 e. The Hall–Kier alpha value is -1.39. The minimum absolute atomic E-state index is 0.290. The second-order valence-electron chi connectivity index (χ2n) is 3.31. The zero-order valence-electron chi connectivity index (χ0n) is 9.60. The van der Waals surface area contributed by atoms with Crippen LogP contribution in [0.15, 0.2) is 30.3 Å². The van der Waals surface area contributed by atoms with E-state index in [0.717, 1.165) is 5.56 Å². The SMILES string of the molecule is COCCNC(C(=O)OC)c1ccccc1. The molecule has 0 fully saturated rings. The summed E-state index contributed by atoms with van der Waals surface area (Å²) in [6, 6.07) is 9.05. The predicted molar refractivity (Wildman–Crippen MR) is 61.1 cm³/mol. The van der Waals surface area contributed by atoms with Crippen molar-refractivity contribution in [1.82, 2.24) is 5.32 Å². The van der Waals surface area contributed by atoms with Crippen LogP contribution in [0.5, 0.6) is 0 Å². The molecule has 0 aromatic heterocycles. The Labute approximate surface area is 95.6 Å². The molecule has 0 spiro atoms. The van der Waals surface area contributed by atoms with Crippen LogP contribution in [0, 0.1) is 0 Å². The molecule has 1 rings (SSSR count). The molecule has 0 aliphatic heterocycles. The van der Waals surface area contributed by atoms with Gasteiger partial charge >= 0.3 is 5.97 Å². The van der Waals surface area contributed by atoms with E-state index in [-0.39, 0.29) is 5.97 Å². The number of hydrogen-bond donors (Lipinski definition) is 1. The molecule has 1 aromatic carbocycles. The average molecular weight is 223 g/mol. The summed E-state index contributed by atoms with van der Waals surface area (Å²) in [6.07, 6.45) is 0. The summed E-state index contributed by atoms with van der Waals surface area (Å²) in [5, 5.41) is 3.09. The smallest absolute Gasteiger partial charge is 0.327 e. The molecule has 4 heteroatoms. The largest absolute Gasteiger partial charge is 0.468 e. The lowest BCUT2D eigenvalue weighted by atomic mass is 10.1. The van der Waals surface area contributed by atoms with Crippen LogP contribution in [0.1, 0.15) is 11.6 Å². The summed E-state index contributed by atoms with van der Waals surface area (Å²) in [4.78, 5) is 11.6. The number of methoxy groups -OCH3 is 2. The van der Waals surface area contributed by atoms with E-state index in [4.69, 9.17) is 9.47 Å². The van der Waals surface area contributed by atoms with Crippen molar-refractivity contribution in [2.45, 2.75) is 6.04 Å². The molecular formula is C12H17NO3. The van der Waals surface area contributed by atoms with Crippen LogP contribution in [0.3, 0.4) is 0 Å². The van der Waals surface area contributed by atoms with Crippen molar-refractivity contribution in [2.75, 3.05) is 27.4 Å². The van der Waals surface area contributed by atoms with Crippen LogP contribution >= 0.6 is 0 Å². The number of ether oxygens (including phenoxy) is 2. The molecule has 1 unspecified atom stereocenters. The van der Waals surface area contributed by atoms with Crippen molar-refractivity contribution >= 4 is 5.97 Å². The van der Waals surface area contributed by atoms with Gasteiger partial charge in [-0.2, -0.15) is 0 Å². The first-order chi connectivity index (χ1) is 7.79. The number of carbonyl (C=O) groups is 1. The van der Waals surface area contributed by atoms with E-state index >= 15 is 0 Å². The van der Waals surface area contributed by atoms with Gasteiger partial charge in [0.25, 0.3) is 0 Å². The molecule has 1 N–H and O–H groups in total. The van der Waals surface area contributed by atoms with Gasteiger partial charge in [0.1, 0.15) is 6.04 Å². The zero-order chi connectivity index (χ0) is 11.8. The molecule has 0 saturated carbocycles. The van der Waals surface area contributed by atoms with E-state index in [1.165, 1.54) is 7.11 Å². The molecule has 88 valence electrons. The van der Waals surface area contributed by atoms with Gasteiger partial charge in [-0.15, -0.1) is 0 Å². The fourth-order valence-corrected chi connectivity index (χ4v) is 1.41. The van der Waals surface area contributed by atoms with Gasteiger partial charge in [-0.05, 0) is 5.56 Å². The van der Waals surface area contributed by atoms with Gasteiger partial charge in [0.05, 0.1) is 13.7 Å². The molecule has 0 heterocycles. The van der Waals surface area contributed by atoms with Gasteiger partial charge < -0.3 is 9.47 Å². The van der Waals surface area contributed by atoms with Crippen molar-refractivity contribution in [3.05, 3.63) is 35.9 Å². The number of hydrogen-bond acceptors (Lipinski definition) is 4. The van der Waals surface area contributed by atoms with E-state index in [1.807, 2.05) is 30.3 Å². The molecule has 0 saturated heterocycles. The summed E-state index contributed by atoms with van der Waals surface area (Å²) < 4.78 is 9.68. The summed E-state index contributed by atoms with van der Waals surface area (Å²) in [5.74, 6) is -0.290. The molecule has 16 heavy (non-hydrogen) atoms. The number of rotatable bonds is 6. The molecule has 0 aliphatic carbocycles. The maximum Gasteiger partial charge on any atom is 0.327 e. The first-order valence-corrected chi connectivity index (χ1v) is 5.14. The lowest BCUT2D eigenvalue weighted by Gasteiger charge is -2.16. The Morgan fingerprint density at radius 1 is 1.31 bits per heavy atom. The third-order valence-corrected chi connectivity index (χ3v) is 2.22. The predicted octanol–water partition coefficient (Wildman–Crippen LogP) is 1.14.